The first-order valence-electron chi connectivity index (χ1n) is 6.01. The van der Waals surface area contributed by atoms with Crippen molar-refractivity contribution in [2.45, 2.75) is 20.8 Å². The summed E-state index contributed by atoms with van der Waals surface area (Å²) in [4.78, 5) is 28.8. The molecule has 0 unspecified atom stereocenters. The number of ether oxygens (including phenoxy) is 1. The predicted octanol–water partition coefficient (Wildman–Crippen LogP) is 0.797. The number of primary amides is 1. The highest BCUT2D eigenvalue weighted by Crippen LogP contribution is 2.21. The van der Waals surface area contributed by atoms with Gasteiger partial charge in [-0.3, -0.25) is 9.59 Å². The van der Waals surface area contributed by atoms with Crippen molar-refractivity contribution in [2.75, 3.05) is 25.1 Å². The Balaban J connectivity index is 3.11. The van der Waals surface area contributed by atoms with Gasteiger partial charge < -0.3 is 15.4 Å². The summed E-state index contributed by atoms with van der Waals surface area (Å²) in [6.45, 7) is 5.68. The molecule has 1 aromatic rings. The Morgan fingerprint density at radius 2 is 2.05 bits per heavy atom. The normalized spacial score (nSPS) is 10.1. The topological polar surface area (TPSA) is 85.5 Å². The second-order valence-corrected chi connectivity index (χ2v) is 4.30. The van der Waals surface area contributed by atoms with Crippen LogP contribution in [0.3, 0.4) is 0 Å². The number of anilines is 1. The molecular formula is C13H19N3O3. The van der Waals surface area contributed by atoms with Crippen molar-refractivity contribution in [2.24, 2.45) is 5.73 Å². The van der Waals surface area contributed by atoms with E-state index in [-0.39, 0.29) is 12.5 Å². The minimum absolute atomic E-state index is 0.0179. The summed E-state index contributed by atoms with van der Waals surface area (Å²) in [6.07, 6.45) is 0. The zero-order valence-electron chi connectivity index (χ0n) is 11.7. The van der Waals surface area contributed by atoms with E-state index in [1.54, 1.807) is 31.9 Å². The average molecular weight is 265 g/mol. The number of carbonyl (C=O) groups excluding carboxylic acids is 2. The number of esters is 1. The molecule has 0 fully saturated rings. The van der Waals surface area contributed by atoms with E-state index in [4.69, 9.17) is 10.5 Å². The van der Waals surface area contributed by atoms with Crippen LogP contribution in [-0.4, -0.2) is 37.1 Å². The Morgan fingerprint density at radius 1 is 1.42 bits per heavy atom. The van der Waals surface area contributed by atoms with Gasteiger partial charge in [-0.2, -0.15) is 0 Å². The summed E-state index contributed by atoms with van der Waals surface area (Å²) < 4.78 is 4.87. The van der Waals surface area contributed by atoms with Crippen LogP contribution in [0, 0.1) is 13.8 Å². The van der Waals surface area contributed by atoms with Crippen molar-refractivity contribution in [1.82, 2.24) is 4.98 Å². The highest BCUT2D eigenvalue weighted by Gasteiger charge is 2.19. The molecular weight excluding hydrogens is 246 g/mol. The number of carbonyl (C=O) groups is 2. The lowest BCUT2D eigenvalue weighted by Gasteiger charge is -2.21. The van der Waals surface area contributed by atoms with Crippen LogP contribution >= 0.6 is 0 Å². The zero-order valence-corrected chi connectivity index (χ0v) is 11.7. The van der Waals surface area contributed by atoms with Gasteiger partial charge in [0.1, 0.15) is 12.4 Å². The molecule has 1 amide bonds. The van der Waals surface area contributed by atoms with Crippen LogP contribution in [0.2, 0.25) is 0 Å². The van der Waals surface area contributed by atoms with Gasteiger partial charge in [-0.15, -0.1) is 0 Å². The van der Waals surface area contributed by atoms with Gasteiger partial charge in [-0.25, -0.2) is 4.98 Å². The molecule has 1 heterocycles. The van der Waals surface area contributed by atoms with E-state index in [1.807, 2.05) is 6.92 Å². The minimum atomic E-state index is -0.560. The lowest BCUT2D eigenvalue weighted by atomic mass is 10.1. The Labute approximate surface area is 112 Å². The first kappa shape index (κ1) is 14.9. The van der Waals surface area contributed by atoms with Gasteiger partial charge in [-0.1, -0.05) is 0 Å². The number of hydrogen-bond donors (Lipinski definition) is 1. The predicted molar refractivity (Wildman–Crippen MR) is 72.1 cm³/mol. The van der Waals surface area contributed by atoms with E-state index in [0.717, 1.165) is 11.3 Å². The Morgan fingerprint density at radius 3 is 2.58 bits per heavy atom. The van der Waals surface area contributed by atoms with E-state index < -0.39 is 5.91 Å². The van der Waals surface area contributed by atoms with Gasteiger partial charge in [-0.05, 0) is 32.4 Å². The number of nitrogens with two attached hydrogens (primary N) is 1. The molecule has 0 radical (unpaired) electrons. The molecule has 1 rings (SSSR count). The van der Waals surface area contributed by atoms with E-state index >= 15 is 0 Å². The number of rotatable bonds is 5. The Kier molecular flexibility index (Phi) is 4.86. The number of nitrogens with zero attached hydrogens (tertiary/aromatic N) is 2. The largest absolute Gasteiger partial charge is 0.465 e. The van der Waals surface area contributed by atoms with Crippen LogP contribution in [0.5, 0.6) is 0 Å². The third kappa shape index (κ3) is 3.67. The van der Waals surface area contributed by atoms with Crippen LogP contribution in [0.1, 0.15) is 28.5 Å². The number of hydrogen-bond acceptors (Lipinski definition) is 5. The lowest BCUT2D eigenvalue weighted by molar-refractivity contribution is -0.141. The van der Waals surface area contributed by atoms with Crippen molar-refractivity contribution in [1.29, 1.82) is 0 Å². The van der Waals surface area contributed by atoms with Gasteiger partial charge in [0, 0.05) is 12.7 Å². The molecule has 2 N–H and O–H groups in total. The van der Waals surface area contributed by atoms with Crippen LogP contribution < -0.4 is 10.6 Å². The zero-order chi connectivity index (χ0) is 14.6. The van der Waals surface area contributed by atoms with E-state index in [1.165, 1.54) is 0 Å². The fourth-order valence-corrected chi connectivity index (χ4v) is 1.87. The van der Waals surface area contributed by atoms with Gasteiger partial charge >= 0.3 is 5.97 Å². The molecule has 0 aromatic carbocycles. The highest BCUT2D eigenvalue weighted by molar-refractivity contribution is 5.99. The molecule has 1 aromatic heterocycles. The molecule has 104 valence electrons. The third-order valence-corrected chi connectivity index (χ3v) is 2.61. The summed E-state index contributed by atoms with van der Waals surface area (Å²) in [6, 6.07) is 1.78. The molecule has 0 bridgehead atoms. The average Bonchev–Trinajstić information content (AvgIpc) is 2.27. The molecule has 0 saturated carbocycles. The molecule has 0 aliphatic heterocycles. The molecule has 6 heteroatoms. The SMILES string of the molecule is CCOC(=O)CN(C)c1nc(C)cc(C)c1C(N)=O. The molecule has 19 heavy (non-hydrogen) atoms. The summed E-state index contributed by atoms with van der Waals surface area (Å²) in [5.41, 5.74) is 7.20. The van der Waals surface area contributed by atoms with E-state index in [2.05, 4.69) is 4.98 Å². The van der Waals surface area contributed by atoms with Crippen molar-refractivity contribution >= 4 is 17.7 Å². The standard InChI is InChI=1S/C13H19N3O3/c1-5-19-10(17)7-16(4)13-11(12(14)18)8(2)6-9(3)15-13/h6H,5,7H2,1-4H3,(H2,14,18). The Bertz CT molecular complexity index is 500. The smallest absolute Gasteiger partial charge is 0.325 e. The van der Waals surface area contributed by atoms with Crippen molar-refractivity contribution in [3.05, 3.63) is 22.9 Å². The van der Waals surface area contributed by atoms with Gasteiger partial charge in [0.05, 0.1) is 12.2 Å². The summed E-state index contributed by atoms with van der Waals surface area (Å²) in [5.74, 6) is -0.532. The fraction of sp³-hybridized carbons (Fsp3) is 0.462. The maximum atomic E-state index is 11.5. The van der Waals surface area contributed by atoms with Gasteiger partial charge in [0.2, 0.25) is 0 Å². The second-order valence-electron chi connectivity index (χ2n) is 4.30. The maximum absolute atomic E-state index is 11.5. The maximum Gasteiger partial charge on any atom is 0.325 e. The summed E-state index contributed by atoms with van der Waals surface area (Å²) in [5, 5.41) is 0. The van der Waals surface area contributed by atoms with Crippen molar-refractivity contribution in [3.63, 3.8) is 0 Å². The van der Waals surface area contributed by atoms with Gasteiger partial charge in [0.25, 0.3) is 5.91 Å². The molecule has 0 spiro atoms. The summed E-state index contributed by atoms with van der Waals surface area (Å²) in [7, 11) is 1.67. The number of likely N-dealkylation sites (N-methyl/N-ethyl adjacent to an activating group) is 1. The second kappa shape index (κ2) is 6.17. The Hall–Kier alpha value is -2.11. The molecule has 6 nitrogen and oxygen atoms in total. The fourth-order valence-electron chi connectivity index (χ4n) is 1.87. The number of amides is 1. The molecule has 0 aliphatic rings. The first-order valence-corrected chi connectivity index (χ1v) is 6.01. The van der Waals surface area contributed by atoms with Gasteiger partial charge in [0.15, 0.2) is 0 Å². The number of aromatic nitrogens is 1. The molecule has 0 aliphatic carbocycles. The third-order valence-electron chi connectivity index (χ3n) is 2.61. The summed E-state index contributed by atoms with van der Waals surface area (Å²) >= 11 is 0. The van der Waals surface area contributed by atoms with Crippen molar-refractivity contribution in [3.8, 4) is 0 Å². The van der Waals surface area contributed by atoms with Crippen LogP contribution in [0.4, 0.5) is 5.82 Å². The number of aryl methyl sites for hydroxylation is 2. The monoisotopic (exact) mass is 265 g/mol. The van der Waals surface area contributed by atoms with Crippen LogP contribution in [0.25, 0.3) is 0 Å². The first-order chi connectivity index (χ1) is 8.86. The highest BCUT2D eigenvalue weighted by atomic mass is 16.5. The minimum Gasteiger partial charge on any atom is -0.465 e. The van der Waals surface area contributed by atoms with Crippen molar-refractivity contribution < 1.29 is 14.3 Å². The lowest BCUT2D eigenvalue weighted by Crippen LogP contribution is -2.30. The quantitative estimate of drug-likeness (QED) is 0.796. The van der Waals surface area contributed by atoms with Crippen LogP contribution in [-0.2, 0) is 9.53 Å². The molecule has 0 saturated heterocycles. The molecule has 0 atom stereocenters. The van der Waals surface area contributed by atoms with Crippen LogP contribution in [0.15, 0.2) is 6.07 Å². The van der Waals surface area contributed by atoms with E-state index in [9.17, 15) is 9.59 Å². The van der Waals surface area contributed by atoms with E-state index in [0.29, 0.717) is 18.0 Å². The number of pyridine rings is 1.